The van der Waals surface area contributed by atoms with E-state index in [1.807, 2.05) is 92.7 Å². The maximum atomic E-state index is 13.2. The van der Waals surface area contributed by atoms with E-state index in [9.17, 15) is 19.2 Å². The van der Waals surface area contributed by atoms with Crippen molar-refractivity contribution in [1.29, 1.82) is 0 Å². The molecule has 0 spiro atoms. The highest BCUT2D eigenvalue weighted by atomic mass is 16.5. The van der Waals surface area contributed by atoms with Crippen LogP contribution in [0.4, 0.5) is 0 Å². The van der Waals surface area contributed by atoms with Crippen LogP contribution in [-0.4, -0.2) is 41.2 Å². The second-order valence-corrected chi connectivity index (χ2v) is 11.8. The van der Waals surface area contributed by atoms with Gasteiger partial charge in [-0.05, 0) is 81.9 Å². The van der Waals surface area contributed by atoms with E-state index in [1.54, 1.807) is 19.1 Å². The maximum Gasteiger partial charge on any atom is 0.306 e. The molecule has 1 N–H and O–H groups in total. The summed E-state index contributed by atoms with van der Waals surface area (Å²) in [5.41, 5.74) is 1.74. The second-order valence-electron chi connectivity index (χ2n) is 11.8. The normalized spacial score (nSPS) is 14.9. The monoisotopic (exact) mass is 586 g/mol. The number of carbonyl (C=O) groups excluding carboxylic acids is 4. The van der Waals surface area contributed by atoms with Gasteiger partial charge in [0.15, 0.2) is 0 Å². The smallest absolute Gasteiger partial charge is 0.306 e. The zero-order valence-electron chi connectivity index (χ0n) is 25.0. The molecule has 0 aliphatic carbocycles. The van der Waals surface area contributed by atoms with Gasteiger partial charge in [0.2, 0.25) is 5.91 Å². The summed E-state index contributed by atoms with van der Waals surface area (Å²) in [6.45, 7) is 5.39. The van der Waals surface area contributed by atoms with Crippen molar-refractivity contribution in [3.05, 3.63) is 108 Å². The molecule has 1 aliphatic rings. The number of carbonyl (C=O) groups is 4. The van der Waals surface area contributed by atoms with E-state index >= 15 is 0 Å². The van der Waals surface area contributed by atoms with Gasteiger partial charge in [0.05, 0.1) is 23.7 Å². The molecule has 0 bridgehead atoms. The number of hydrogen-bond donors (Lipinski definition) is 1. The summed E-state index contributed by atoms with van der Waals surface area (Å²) in [7, 11) is 0. The molecule has 44 heavy (non-hydrogen) atoms. The number of amides is 3. The van der Waals surface area contributed by atoms with Gasteiger partial charge in [0.25, 0.3) is 11.8 Å². The molecular weight excluding hydrogens is 552 g/mol. The lowest BCUT2D eigenvalue weighted by atomic mass is 9.99. The molecule has 3 amide bonds. The van der Waals surface area contributed by atoms with Gasteiger partial charge in [-0.3, -0.25) is 24.1 Å². The molecular formula is C37H34N2O5. The van der Waals surface area contributed by atoms with E-state index in [1.165, 1.54) is 0 Å². The fourth-order valence-electron chi connectivity index (χ4n) is 6.14. The Labute approximate surface area is 255 Å². The highest BCUT2D eigenvalue weighted by Crippen LogP contribution is 2.31. The van der Waals surface area contributed by atoms with Crippen LogP contribution in [0.25, 0.3) is 32.3 Å². The van der Waals surface area contributed by atoms with Crippen molar-refractivity contribution < 1.29 is 23.9 Å². The zero-order chi connectivity index (χ0) is 31.0. The van der Waals surface area contributed by atoms with E-state index in [0.29, 0.717) is 11.1 Å². The topological polar surface area (TPSA) is 92.8 Å². The van der Waals surface area contributed by atoms with Crippen LogP contribution in [0.5, 0.6) is 0 Å². The average Bonchev–Trinajstić information content (AvgIpc) is 3.21. The summed E-state index contributed by atoms with van der Waals surface area (Å²) >= 11 is 0. The third-order valence-electron chi connectivity index (χ3n) is 8.28. The van der Waals surface area contributed by atoms with Gasteiger partial charge in [-0.1, -0.05) is 73.7 Å². The Morgan fingerprint density at radius 3 is 1.91 bits per heavy atom. The average molecular weight is 587 g/mol. The van der Waals surface area contributed by atoms with Crippen LogP contribution in [0.15, 0.2) is 91.0 Å². The zero-order valence-corrected chi connectivity index (χ0v) is 25.0. The molecule has 1 heterocycles. The van der Waals surface area contributed by atoms with Crippen LogP contribution < -0.4 is 5.32 Å². The number of nitrogens with zero attached hydrogens (tertiary/aromatic N) is 1. The highest BCUT2D eigenvalue weighted by molar-refractivity contribution is 6.23. The summed E-state index contributed by atoms with van der Waals surface area (Å²) in [4.78, 5) is 53.1. The van der Waals surface area contributed by atoms with Crippen molar-refractivity contribution in [2.45, 2.75) is 45.8 Å². The molecule has 7 nitrogen and oxygen atoms in total. The highest BCUT2D eigenvalue weighted by Gasteiger charge is 2.37. The molecule has 6 rings (SSSR count). The number of nitrogens with one attached hydrogen (secondary N) is 1. The molecule has 0 saturated carbocycles. The van der Waals surface area contributed by atoms with Crippen molar-refractivity contribution in [3.63, 3.8) is 0 Å². The van der Waals surface area contributed by atoms with E-state index in [4.69, 9.17) is 4.74 Å². The molecule has 0 saturated heterocycles. The Hall–Kier alpha value is -5.04. The molecule has 5 aromatic rings. The van der Waals surface area contributed by atoms with Crippen molar-refractivity contribution >= 4 is 56.0 Å². The predicted molar refractivity (Wildman–Crippen MR) is 171 cm³/mol. The van der Waals surface area contributed by atoms with Gasteiger partial charge in [-0.2, -0.15) is 0 Å². The number of esters is 1. The number of fused-ring (bicyclic) bond motifs is 4. The summed E-state index contributed by atoms with van der Waals surface area (Å²) in [5.74, 6) is -1.67. The van der Waals surface area contributed by atoms with Gasteiger partial charge in [-0.25, -0.2) is 0 Å². The largest absolute Gasteiger partial charge is 0.461 e. The minimum Gasteiger partial charge on any atom is -0.461 e. The van der Waals surface area contributed by atoms with E-state index in [-0.39, 0.29) is 37.3 Å². The molecule has 1 unspecified atom stereocenters. The molecule has 3 atom stereocenters. The number of imide groups is 1. The Bertz CT molecular complexity index is 1870. The Balaban J connectivity index is 1.03. The standard InChI is InChI=1S/C37H34N2O5/c1-22(15-34(40)38-24(3)30-14-8-12-25-9-6-7-13-31(25)30)16-35(41)44-23(2)21-39-36(42)32-19-28-17-26-10-4-5-11-27(26)18-29(28)20-33(32)37(39)43/h4-14,17-20,22-24H,15-16,21H2,1-3H3,(H,38,40)/t22?,23-,24-/m1/s1. The molecule has 0 aromatic heterocycles. The van der Waals surface area contributed by atoms with Crippen molar-refractivity contribution in [1.82, 2.24) is 10.2 Å². The summed E-state index contributed by atoms with van der Waals surface area (Å²) in [6.07, 6.45) is -0.491. The Morgan fingerprint density at radius 1 is 0.705 bits per heavy atom. The SMILES string of the molecule is CC(CC(=O)N[C@H](C)c1cccc2ccccc12)CC(=O)O[C@H](C)CN1C(=O)c2cc3cc4ccccc4cc3cc2C1=O. The first-order chi connectivity index (χ1) is 21.2. The molecule has 0 radical (unpaired) electrons. The number of hydrogen-bond acceptors (Lipinski definition) is 5. The van der Waals surface area contributed by atoms with Crippen molar-refractivity contribution in [3.8, 4) is 0 Å². The van der Waals surface area contributed by atoms with Gasteiger partial charge in [0.1, 0.15) is 6.10 Å². The lowest BCUT2D eigenvalue weighted by Gasteiger charge is -2.21. The predicted octanol–water partition coefficient (Wildman–Crippen LogP) is 6.97. The van der Waals surface area contributed by atoms with Crippen LogP contribution in [0, 0.1) is 5.92 Å². The molecule has 1 aliphatic heterocycles. The second kappa shape index (κ2) is 11.9. The first-order valence-corrected chi connectivity index (χ1v) is 15.0. The van der Waals surface area contributed by atoms with Crippen LogP contribution in [-0.2, 0) is 14.3 Å². The molecule has 5 aromatic carbocycles. The van der Waals surface area contributed by atoms with Crippen molar-refractivity contribution in [2.75, 3.05) is 6.54 Å². The van der Waals surface area contributed by atoms with Crippen molar-refractivity contribution in [2.24, 2.45) is 5.92 Å². The number of rotatable bonds is 9. The quantitative estimate of drug-likeness (QED) is 0.114. The summed E-state index contributed by atoms with van der Waals surface area (Å²) in [5, 5.41) is 9.13. The Morgan fingerprint density at radius 2 is 1.27 bits per heavy atom. The molecule has 222 valence electrons. The van der Waals surface area contributed by atoms with Gasteiger partial charge < -0.3 is 10.1 Å². The minimum atomic E-state index is -0.700. The van der Waals surface area contributed by atoms with E-state index in [0.717, 1.165) is 42.8 Å². The minimum absolute atomic E-state index is 0.0431. The van der Waals surface area contributed by atoms with Crippen LogP contribution in [0.1, 0.15) is 65.9 Å². The lowest BCUT2D eigenvalue weighted by Crippen LogP contribution is -2.37. The van der Waals surface area contributed by atoms with Gasteiger partial charge >= 0.3 is 5.97 Å². The first-order valence-electron chi connectivity index (χ1n) is 15.0. The first kappa shape index (κ1) is 29.1. The lowest BCUT2D eigenvalue weighted by molar-refractivity contribution is -0.149. The van der Waals surface area contributed by atoms with E-state index < -0.39 is 23.9 Å². The molecule has 7 heteroatoms. The fourth-order valence-corrected chi connectivity index (χ4v) is 6.14. The summed E-state index contributed by atoms with van der Waals surface area (Å²) < 4.78 is 5.57. The third-order valence-corrected chi connectivity index (χ3v) is 8.28. The summed E-state index contributed by atoms with van der Waals surface area (Å²) in [6, 6.07) is 29.4. The van der Waals surface area contributed by atoms with Crippen LogP contribution >= 0.6 is 0 Å². The van der Waals surface area contributed by atoms with Gasteiger partial charge in [0, 0.05) is 12.8 Å². The van der Waals surface area contributed by atoms with Gasteiger partial charge in [-0.15, -0.1) is 0 Å². The fraction of sp³-hybridized carbons (Fsp3) is 0.243. The number of ether oxygens (including phenoxy) is 1. The number of benzene rings is 5. The maximum absolute atomic E-state index is 13.2. The Kier molecular flexibility index (Phi) is 7.87. The molecule has 0 fully saturated rings. The van der Waals surface area contributed by atoms with Crippen LogP contribution in [0.3, 0.4) is 0 Å². The van der Waals surface area contributed by atoms with Crippen LogP contribution in [0.2, 0.25) is 0 Å². The third kappa shape index (κ3) is 5.78. The van der Waals surface area contributed by atoms with E-state index in [2.05, 4.69) is 5.32 Å².